The van der Waals surface area contributed by atoms with E-state index in [-0.39, 0.29) is 6.04 Å². The van der Waals surface area contributed by atoms with E-state index < -0.39 is 0 Å². The molecule has 0 radical (unpaired) electrons. The van der Waals surface area contributed by atoms with Gasteiger partial charge < -0.3 is 10.5 Å². The quantitative estimate of drug-likeness (QED) is 0.819. The van der Waals surface area contributed by atoms with E-state index in [9.17, 15) is 0 Å². The fourth-order valence-corrected chi connectivity index (χ4v) is 2.37. The molecule has 0 fully saturated rings. The van der Waals surface area contributed by atoms with Crippen LogP contribution in [0.3, 0.4) is 0 Å². The molecule has 0 aliphatic carbocycles. The van der Waals surface area contributed by atoms with Crippen molar-refractivity contribution >= 4 is 0 Å². The van der Waals surface area contributed by atoms with Crippen LogP contribution in [0.4, 0.5) is 0 Å². The lowest BCUT2D eigenvalue weighted by atomic mass is 10.0. The highest BCUT2D eigenvalue weighted by Gasteiger charge is 2.11. The molecule has 0 bridgehead atoms. The molecule has 2 N–H and O–H groups in total. The summed E-state index contributed by atoms with van der Waals surface area (Å²) in [5.41, 5.74) is 8.49. The first kappa shape index (κ1) is 15.6. The van der Waals surface area contributed by atoms with Crippen LogP contribution in [0.25, 0.3) is 0 Å². The second kappa shape index (κ2) is 7.28. The number of nitrogens with two attached hydrogens (primary N) is 1. The van der Waals surface area contributed by atoms with Crippen molar-refractivity contribution in [3.05, 3.63) is 59.7 Å². The van der Waals surface area contributed by atoms with Gasteiger partial charge in [0.15, 0.2) is 0 Å². The Balaban J connectivity index is 2.28. The first-order valence-corrected chi connectivity index (χ1v) is 7.72. The molecule has 112 valence electrons. The van der Waals surface area contributed by atoms with Gasteiger partial charge >= 0.3 is 0 Å². The normalized spacial score (nSPS) is 12.4. The van der Waals surface area contributed by atoms with Crippen molar-refractivity contribution in [2.24, 2.45) is 5.73 Å². The monoisotopic (exact) mass is 283 g/mol. The zero-order chi connectivity index (χ0) is 15.2. The molecule has 1 unspecified atom stereocenters. The van der Waals surface area contributed by atoms with Crippen LogP contribution in [-0.2, 0) is 6.42 Å². The topological polar surface area (TPSA) is 35.2 Å². The van der Waals surface area contributed by atoms with E-state index in [1.165, 1.54) is 11.1 Å². The molecule has 0 saturated carbocycles. The Kier molecular flexibility index (Phi) is 5.40. The van der Waals surface area contributed by atoms with Crippen LogP contribution in [0.1, 0.15) is 44.2 Å². The highest BCUT2D eigenvalue weighted by Crippen LogP contribution is 2.32. The molecule has 0 amide bonds. The van der Waals surface area contributed by atoms with Crippen molar-refractivity contribution in [2.75, 3.05) is 0 Å². The van der Waals surface area contributed by atoms with E-state index in [0.29, 0.717) is 5.92 Å². The van der Waals surface area contributed by atoms with Gasteiger partial charge in [-0.3, -0.25) is 0 Å². The first-order chi connectivity index (χ1) is 10.1. The molecule has 0 saturated heterocycles. The molecule has 0 aliphatic heterocycles. The number of ether oxygens (including phenoxy) is 1. The average molecular weight is 283 g/mol. The predicted molar refractivity (Wildman–Crippen MR) is 89.0 cm³/mol. The predicted octanol–water partition coefficient (Wildman–Crippen LogP) is 4.88. The van der Waals surface area contributed by atoms with Crippen molar-refractivity contribution in [1.29, 1.82) is 0 Å². The van der Waals surface area contributed by atoms with Gasteiger partial charge in [-0.15, -0.1) is 0 Å². The van der Waals surface area contributed by atoms with Gasteiger partial charge in [0.2, 0.25) is 0 Å². The molecule has 1 atom stereocenters. The molecule has 0 aromatic heterocycles. The third-order valence-corrected chi connectivity index (χ3v) is 3.74. The number of benzene rings is 2. The minimum Gasteiger partial charge on any atom is -0.457 e. The number of rotatable bonds is 6. The van der Waals surface area contributed by atoms with Gasteiger partial charge in [-0.2, -0.15) is 0 Å². The van der Waals surface area contributed by atoms with Crippen LogP contribution in [0.5, 0.6) is 11.5 Å². The lowest BCUT2D eigenvalue weighted by Gasteiger charge is -2.17. The first-order valence-electron chi connectivity index (χ1n) is 7.72. The summed E-state index contributed by atoms with van der Waals surface area (Å²) in [4.78, 5) is 0. The highest BCUT2D eigenvalue weighted by molar-refractivity contribution is 5.42. The van der Waals surface area contributed by atoms with Crippen molar-refractivity contribution in [3.8, 4) is 11.5 Å². The lowest BCUT2D eigenvalue weighted by molar-refractivity contribution is 0.463. The summed E-state index contributed by atoms with van der Waals surface area (Å²) in [5, 5.41) is 0. The van der Waals surface area contributed by atoms with Gasteiger partial charge in [-0.1, -0.05) is 57.2 Å². The van der Waals surface area contributed by atoms with Gasteiger partial charge in [-0.05, 0) is 42.0 Å². The maximum atomic E-state index is 6.19. The molecule has 2 aromatic rings. The van der Waals surface area contributed by atoms with E-state index in [4.69, 9.17) is 10.5 Å². The Hall–Kier alpha value is -1.80. The molecule has 0 aliphatic rings. The zero-order valence-electron chi connectivity index (χ0n) is 13.2. The van der Waals surface area contributed by atoms with Crippen LogP contribution >= 0.6 is 0 Å². The fourth-order valence-electron chi connectivity index (χ4n) is 2.37. The molecule has 2 rings (SSSR count). The minimum absolute atomic E-state index is 0.176. The second-order valence-corrected chi connectivity index (χ2v) is 5.77. The van der Waals surface area contributed by atoms with Crippen LogP contribution in [0.15, 0.2) is 48.5 Å². The van der Waals surface area contributed by atoms with Gasteiger partial charge in [0.25, 0.3) is 0 Å². The Morgan fingerprint density at radius 3 is 2.24 bits per heavy atom. The van der Waals surface area contributed by atoms with Gasteiger partial charge in [0.1, 0.15) is 11.5 Å². The van der Waals surface area contributed by atoms with Gasteiger partial charge in [0, 0.05) is 6.04 Å². The Morgan fingerprint density at radius 2 is 1.57 bits per heavy atom. The van der Waals surface area contributed by atoms with Gasteiger partial charge in [0.05, 0.1) is 0 Å². The Bertz CT molecular complexity index is 577. The van der Waals surface area contributed by atoms with Crippen molar-refractivity contribution in [1.82, 2.24) is 0 Å². The summed E-state index contributed by atoms with van der Waals surface area (Å²) < 4.78 is 6.19. The molecule has 0 heterocycles. The summed E-state index contributed by atoms with van der Waals surface area (Å²) in [6.07, 6.45) is 1.81. The zero-order valence-corrected chi connectivity index (χ0v) is 13.2. The van der Waals surface area contributed by atoms with Crippen molar-refractivity contribution in [3.63, 3.8) is 0 Å². The number of hydrogen-bond acceptors (Lipinski definition) is 2. The van der Waals surface area contributed by atoms with Gasteiger partial charge in [-0.25, -0.2) is 0 Å². The second-order valence-electron chi connectivity index (χ2n) is 5.77. The Morgan fingerprint density at radius 1 is 0.952 bits per heavy atom. The summed E-state index contributed by atoms with van der Waals surface area (Å²) in [5.74, 6) is 2.28. The van der Waals surface area contributed by atoms with Crippen LogP contribution in [-0.4, -0.2) is 6.04 Å². The maximum Gasteiger partial charge on any atom is 0.130 e. The molecule has 2 aromatic carbocycles. The molecular formula is C19H25NO. The SMILES string of the molecule is CCC(N)Cc1ccccc1Oc1ccccc1C(C)C. The smallest absolute Gasteiger partial charge is 0.130 e. The van der Waals surface area contributed by atoms with Crippen molar-refractivity contribution in [2.45, 2.75) is 45.6 Å². The largest absolute Gasteiger partial charge is 0.457 e. The highest BCUT2D eigenvalue weighted by atomic mass is 16.5. The van der Waals surface area contributed by atoms with E-state index in [0.717, 1.165) is 24.3 Å². The van der Waals surface area contributed by atoms with Crippen molar-refractivity contribution < 1.29 is 4.74 Å². The Labute approximate surface area is 127 Å². The van der Waals surface area contributed by atoms with E-state index >= 15 is 0 Å². The molecule has 21 heavy (non-hydrogen) atoms. The van der Waals surface area contributed by atoms with Crippen LogP contribution < -0.4 is 10.5 Å². The van der Waals surface area contributed by atoms with E-state index in [1.807, 2.05) is 30.3 Å². The molecular weight excluding hydrogens is 258 g/mol. The third-order valence-electron chi connectivity index (χ3n) is 3.74. The lowest BCUT2D eigenvalue weighted by Crippen LogP contribution is -2.21. The van der Waals surface area contributed by atoms with Crippen LogP contribution in [0.2, 0.25) is 0 Å². The number of hydrogen-bond donors (Lipinski definition) is 1. The van der Waals surface area contributed by atoms with Crippen LogP contribution in [0, 0.1) is 0 Å². The van der Waals surface area contributed by atoms with E-state index in [1.54, 1.807) is 0 Å². The van der Waals surface area contributed by atoms with E-state index in [2.05, 4.69) is 39.0 Å². The minimum atomic E-state index is 0.176. The maximum absolute atomic E-state index is 6.19. The molecule has 2 heteroatoms. The fraction of sp³-hybridized carbons (Fsp3) is 0.368. The average Bonchev–Trinajstić information content (AvgIpc) is 2.49. The summed E-state index contributed by atoms with van der Waals surface area (Å²) in [7, 11) is 0. The summed E-state index contributed by atoms with van der Waals surface area (Å²) in [6.45, 7) is 6.48. The standard InChI is InChI=1S/C19H25NO/c1-4-16(20)13-15-9-5-7-11-18(15)21-19-12-8-6-10-17(19)14(2)3/h5-12,14,16H,4,13,20H2,1-3H3. The summed E-state index contributed by atoms with van der Waals surface area (Å²) in [6, 6.07) is 16.6. The molecule has 2 nitrogen and oxygen atoms in total. The number of para-hydroxylation sites is 2. The summed E-state index contributed by atoms with van der Waals surface area (Å²) >= 11 is 0. The molecule has 0 spiro atoms. The third kappa shape index (κ3) is 4.08.